The highest BCUT2D eigenvalue weighted by molar-refractivity contribution is 4.83. The van der Waals surface area contributed by atoms with Gasteiger partial charge in [-0.1, -0.05) is 46.5 Å². The van der Waals surface area contributed by atoms with E-state index in [4.69, 9.17) is 0 Å². The van der Waals surface area contributed by atoms with E-state index >= 15 is 0 Å². The van der Waals surface area contributed by atoms with Crippen molar-refractivity contribution in [3.63, 3.8) is 0 Å². The number of rotatable bonds is 4. The minimum Gasteiger partial charge on any atom is -0.0654 e. The minimum atomic E-state index is 0.740. The van der Waals surface area contributed by atoms with Gasteiger partial charge in [0.05, 0.1) is 0 Å². The predicted molar refractivity (Wildman–Crippen MR) is 59.9 cm³/mol. The van der Waals surface area contributed by atoms with E-state index in [1.807, 2.05) is 0 Å². The molecule has 0 unspecified atom stereocenters. The highest BCUT2D eigenvalue weighted by atomic mass is 14.4. The topological polar surface area (TPSA) is 0 Å². The summed E-state index contributed by atoms with van der Waals surface area (Å²) in [5.74, 6) is 1.07. The highest BCUT2D eigenvalue weighted by Gasteiger charge is 2.31. The van der Waals surface area contributed by atoms with Gasteiger partial charge in [0.1, 0.15) is 0 Å². The van der Waals surface area contributed by atoms with Crippen LogP contribution in [0.15, 0.2) is 0 Å². The fourth-order valence-electron chi connectivity index (χ4n) is 2.94. The maximum atomic E-state index is 2.38. The molecule has 1 aliphatic rings. The summed E-state index contributed by atoms with van der Waals surface area (Å²) < 4.78 is 0. The fourth-order valence-corrected chi connectivity index (χ4v) is 2.94. The molecule has 0 heteroatoms. The third kappa shape index (κ3) is 2.72. The molecule has 0 radical (unpaired) electrons. The lowest BCUT2D eigenvalue weighted by molar-refractivity contribution is 0.132. The van der Waals surface area contributed by atoms with Crippen LogP contribution in [0.1, 0.15) is 72.1 Å². The van der Waals surface area contributed by atoms with Crippen LogP contribution in [0, 0.1) is 11.3 Å². The van der Waals surface area contributed by atoms with Gasteiger partial charge in [-0.05, 0) is 37.0 Å². The summed E-state index contributed by atoms with van der Waals surface area (Å²) in [6.45, 7) is 7.08. The third-order valence-electron chi connectivity index (χ3n) is 4.36. The van der Waals surface area contributed by atoms with Crippen LogP contribution < -0.4 is 0 Å². The Bertz CT molecular complexity index is 123. The molecule has 1 aliphatic carbocycles. The van der Waals surface area contributed by atoms with E-state index in [0.717, 1.165) is 11.3 Å². The molecule has 0 aromatic rings. The first-order valence-corrected chi connectivity index (χ1v) is 6.26. The van der Waals surface area contributed by atoms with Gasteiger partial charge in [0.2, 0.25) is 0 Å². The van der Waals surface area contributed by atoms with Crippen molar-refractivity contribution in [3.8, 4) is 0 Å². The molecule has 0 aromatic heterocycles. The van der Waals surface area contributed by atoms with Gasteiger partial charge in [0, 0.05) is 0 Å². The Morgan fingerprint density at radius 2 is 1.54 bits per heavy atom. The number of hydrogen-bond donors (Lipinski definition) is 0. The van der Waals surface area contributed by atoms with Crippen LogP contribution in [0.5, 0.6) is 0 Å². The van der Waals surface area contributed by atoms with Crippen LogP contribution in [0.2, 0.25) is 0 Å². The molecule has 0 amide bonds. The largest absolute Gasteiger partial charge is 0.0654 e. The summed E-state index contributed by atoms with van der Waals surface area (Å²) in [4.78, 5) is 0. The standard InChI is InChI=1S/C13H26/c1-4-7-12-8-10-13(5-2,6-3)11-9-12/h12H,4-11H2,1-3H3. The van der Waals surface area contributed by atoms with E-state index in [1.165, 1.54) is 51.4 Å². The van der Waals surface area contributed by atoms with Crippen molar-refractivity contribution < 1.29 is 0 Å². The Hall–Kier alpha value is 0. The van der Waals surface area contributed by atoms with E-state index in [0.29, 0.717) is 0 Å². The minimum absolute atomic E-state index is 0.740. The van der Waals surface area contributed by atoms with Crippen molar-refractivity contribution >= 4 is 0 Å². The average molecular weight is 182 g/mol. The Labute approximate surface area is 84.1 Å². The lowest BCUT2D eigenvalue weighted by atomic mass is 9.67. The molecule has 0 bridgehead atoms. The Morgan fingerprint density at radius 3 is 1.92 bits per heavy atom. The first-order chi connectivity index (χ1) is 6.26. The summed E-state index contributed by atoms with van der Waals surface area (Å²) >= 11 is 0. The fraction of sp³-hybridized carbons (Fsp3) is 1.00. The predicted octanol–water partition coefficient (Wildman–Crippen LogP) is 4.78. The van der Waals surface area contributed by atoms with Crippen molar-refractivity contribution in [1.29, 1.82) is 0 Å². The lowest BCUT2D eigenvalue weighted by Crippen LogP contribution is -2.26. The Balaban J connectivity index is 2.36. The molecule has 0 nitrogen and oxygen atoms in total. The summed E-state index contributed by atoms with van der Waals surface area (Å²) in [5.41, 5.74) is 0.740. The maximum absolute atomic E-state index is 2.38. The molecule has 0 heterocycles. The highest BCUT2D eigenvalue weighted by Crippen LogP contribution is 2.44. The molecular formula is C13H26. The second-order valence-corrected chi connectivity index (χ2v) is 4.94. The molecule has 0 spiro atoms. The first kappa shape index (κ1) is 11.1. The zero-order valence-electron chi connectivity index (χ0n) is 9.73. The zero-order chi connectivity index (χ0) is 9.73. The average Bonchev–Trinajstić information content (AvgIpc) is 2.20. The van der Waals surface area contributed by atoms with Crippen molar-refractivity contribution in [1.82, 2.24) is 0 Å². The molecule has 0 saturated heterocycles. The van der Waals surface area contributed by atoms with Gasteiger partial charge in [0.25, 0.3) is 0 Å². The van der Waals surface area contributed by atoms with E-state index in [2.05, 4.69) is 20.8 Å². The smallest absolute Gasteiger partial charge is 0.0302 e. The molecule has 0 N–H and O–H groups in total. The van der Waals surface area contributed by atoms with Crippen LogP contribution in [-0.2, 0) is 0 Å². The quantitative estimate of drug-likeness (QED) is 0.587. The van der Waals surface area contributed by atoms with Crippen LogP contribution in [0.25, 0.3) is 0 Å². The van der Waals surface area contributed by atoms with Crippen LogP contribution in [-0.4, -0.2) is 0 Å². The SMILES string of the molecule is CCCC1CCC(CC)(CC)CC1. The van der Waals surface area contributed by atoms with Gasteiger partial charge in [-0.15, -0.1) is 0 Å². The molecule has 0 aliphatic heterocycles. The zero-order valence-corrected chi connectivity index (χ0v) is 9.73. The van der Waals surface area contributed by atoms with Gasteiger partial charge < -0.3 is 0 Å². The molecule has 78 valence electrons. The third-order valence-corrected chi connectivity index (χ3v) is 4.36. The lowest BCUT2D eigenvalue weighted by Gasteiger charge is -2.39. The van der Waals surface area contributed by atoms with Crippen molar-refractivity contribution in [2.45, 2.75) is 72.1 Å². The normalized spacial score (nSPS) is 23.3. The molecule has 13 heavy (non-hydrogen) atoms. The van der Waals surface area contributed by atoms with E-state index < -0.39 is 0 Å². The molecule has 1 saturated carbocycles. The van der Waals surface area contributed by atoms with E-state index in [-0.39, 0.29) is 0 Å². The molecule has 0 aromatic carbocycles. The van der Waals surface area contributed by atoms with Crippen molar-refractivity contribution in [3.05, 3.63) is 0 Å². The number of hydrogen-bond acceptors (Lipinski definition) is 0. The Morgan fingerprint density at radius 1 is 1.00 bits per heavy atom. The summed E-state index contributed by atoms with van der Waals surface area (Å²) in [7, 11) is 0. The van der Waals surface area contributed by atoms with E-state index in [1.54, 1.807) is 0 Å². The van der Waals surface area contributed by atoms with Crippen LogP contribution in [0.3, 0.4) is 0 Å². The Kier molecular flexibility index (Phi) is 4.28. The summed E-state index contributed by atoms with van der Waals surface area (Å²) in [6, 6.07) is 0. The molecule has 0 atom stereocenters. The van der Waals surface area contributed by atoms with Gasteiger partial charge in [-0.2, -0.15) is 0 Å². The second-order valence-electron chi connectivity index (χ2n) is 4.94. The second kappa shape index (κ2) is 5.02. The molecular weight excluding hydrogens is 156 g/mol. The van der Waals surface area contributed by atoms with Crippen LogP contribution in [0.4, 0.5) is 0 Å². The van der Waals surface area contributed by atoms with Gasteiger partial charge >= 0.3 is 0 Å². The summed E-state index contributed by atoms with van der Waals surface area (Å²) in [5, 5.41) is 0. The van der Waals surface area contributed by atoms with Crippen molar-refractivity contribution in [2.75, 3.05) is 0 Å². The maximum Gasteiger partial charge on any atom is -0.0302 e. The van der Waals surface area contributed by atoms with E-state index in [9.17, 15) is 0 Å². The van der Waals surface area contributed by atoms with Gasteiger partial charge in [-0.25, -0.2) is 0 Å². The van der Waals surface area contributed by atoms with Gasteiger partial charge in [-0.3, -0.25) is 0 Å². The first-order valence-electron chi connectivity index (χ1n) is 6.26. The molecule has 1 rings (SSSR count). The van der Waals surface area contributed by atoms with Crippen LogP contribution >= 0.6 is 0 Å². The molecule has 1 fully saturated rings. The van der Waals surface area contributed by atoms with Crippen molar-refractivity contribution in [2.24, 2.45) is 11.3 Å². The monoisotopic (exact) mass is 182 g/mol. The summed E-state index contributed by atoms with van der Waals surface area (Å²) in [6.07, 6.45) is 11.7. The van der Waals surface area contributed by atoms with Gasteiger partial charge in [0.15, 0.2) is 0 Å².